The molecule has 0 fully saturated rings. The van der Waals surface area contributed by atoms with E-state index in [9.17, 15) is 0 Å². The first-order valence-corrected chi connectivity index (χ1v) is 7.13. The quantitative estimate of drug-likeness (QED) is 0.680. The molecule has 1 aromatic carbocycles. The first-order chi connectivity index (χ1) is 9.36. The van der Waals surface area contributed by atoms with Crippen LogP contribution >= 0.6 is 11.8 Å². The molecule has 96 valence electrons. The smallest absolute Gasteiger partial charge is 0.226 e. The number of rotatable bonds is 4. The lowest BCUT2D eigenvalue weighted by Crippen LogP contribution is -1.87. The number of aryl methyl sites for hydroxylation is 1. The van der Waals surface area contributed by atoms with Gasteiger partial charge in [0.15, 0.2) is 5.82 Å². The minimum Gasteiger partial charge on any atom is -0.339 e. The minimum absolute atomic E-state index is 0.687. The van der Waals surface area contributed by atoms with E-state index in [4.69, 9.17) is 4.52 Å². The average Bonchev–Trinajstić information content (AvgIpc) is 2.93. The van der Waals surface area contributed by atoms with Gasteiger partial charge in [-0.1, -0.05) is 30.3 Å². The molecule has 0 amide bonds. The van der Waals surface area contributed by atoms with Gasteiger partial charge in [-0.15, -0.1) is 11.8 Å². The molecule has 0 atom stereocenters. The standard InChI is InChI=1S/C14H13N3OS/c1-2-13-16-12(17-18-13)9-19-11-7-3-5-10-6-4-8-15-14(10)11/h3-8H,2,9H2,1H3. The maximum absolute atomic E-state index is 5.10. The summed E-state index contributed by atoms with van der Waals surface area (Å²) in [7, 11) is 0. The highest BCUT2D eigenvalue weighted by Crippen LogP contribution is 2.28. The molecule has 0 bridgehead atoms. The summed E-state index contributed by atoms with van der Waals surface area (Å²) in [4.78, 5) is 9.87. The predicted octanol–water partition coefficient (Wildman–Crippen LogP) is 3.47. The van der Waals surface area contributed by atoms with Crippen molar-refractivity contribution in [1.82, 2.24) is 15.1 Å². The number of fused-ring (bicyclic) bond motifs is 1. The van der Waals surface area contributed by atoms with Gasteiger partial charge in [0.1, 0.15) is 0 Å². The molecule has 3 rings (SSSR count). The number of benzene rings is 1. The van der Waals surface area contributed by atoms with Crippen LogP contribution in [0.2, 0.25) is 0 Å². The molecule has 0 radical (unpaired) electrons. The molecule has 2 heterocycles. The maximum atomic E-state index is 5.10. The first-order valence-electron chi connectivity index (χ1n) is 6.15. The van der Waals surface area contributed by atoms with Crippen molar-refractivity contribution in [3.63, 3.8) is 0 Å². The van der Waals surface area contributed by atoms with Crippen LogP contribution in [0.15, 0.2) is 45.9 Å². The number of hydrogen-bond acceptors (Lipinski definition) is 5. The number of thioether (sulfide) groups is 1. The zero-order valence-corrected chi connectivity index (χ0v) is 11.4. The molecule has 0 aliphatic rings. The number of pyridine rings is 1. The second kappa shape index (κ2) is 5.40. The van der Waals surface area contributed by atoms with Gasteiger partial charge in [0, 0.05) is 22.9 Å². The van der Waals surface area contributed by atoms with E-state index in [2.05, 4.69) is 33.3 Å². The molecule has 0 aliphatic carbocycles. The van der Waals surface area contributed by atoms with E-state index in [0.29, 0.717) is 11.6 Å². The molecule has 3 aromatic rings. The normalized spacial score (nSPS) is 11.0. The Morgan fingerprint density at radius 1 is 1.21 bits per heavy atom. The molecule has 0 saturated heterocycles. The van der Waals surface area contributed by atoms with Gasteiger partial charge in [-0.25, -0.2) is 0 Å². The fraction of sp³-hybridized carbons (Fsp3) is 0.214. The van der Waals surface area contributed by atoms with Crippen LogP contribution in [0.4, 0.5) is 0 Å². The van der Waals surface area contributed by atoms with Gasteiger partial charge < -0.3 is 4.52 Å². The summed E-state index contributed by atoms with van der Waals surface area (Å²) in [6, 6.07) is 10.2. The van der Waals surface area contributed by atoms with Crippen LogP contribution in [0.25, 0.3) is 10.9 Å². The minimum atomic E-state index is 0.687. The molecule has 5 heteroatoms. The van der Waals surface area contributed by atoms with Crippen molar-refractivity contribution in [2.75, 3.05) is 0 Å². The van der Waals surface area contributed by atoms with E-state index in [1.807, 2.05) is 25.3 Å². The van der Waals surface area contributed by atoms with E-state index >= 15 is 0 Å². The molecular weight excluding hydrogens is 258 g/mol. The molecule has 0 N–H and O–H groups in total. The summed E-state index contributed by atoms with van der Waals surface area (Å²) in [5, 5.41) is 5.10. The first kappa shape index (κ1) is 12.2. The fourth-order valence-corrected chi connectivity index (χ4v) is 2.71. The van der Waals surface area contributed by atoms with Crippen molar-refractivity contribution in [2.45, 2.75) is 24.0 Å². The van der Waals surface area contributed by atoms with Crippen LogP contribution in [-0.4, -0.2) is 15.1 Å². The van der Waals surface area contributed by atoms with Crippen molar-refractivity contribution in [2.24, 2.45) is 0 Å². The zero-order chi connectivity index (χ0) is 13.1. The SMILES string of the molecule is CCc1nc(CSc2cccc3cccnc23)no1. The number of nitrogens with zero attached hydrogens (tertiary/aromatic N) is 3. The van der Waals surface area contributed by atoms with Crippen LogP contribution in [0, 0.1) is 0 Å². The van der Waals surface area contributed by atoms with Crippen LogP contribution in [0.1, 0.15) is 18.6 Å². The van der Waals surface area contributed by atoms with Gasteiger partial charge in [0.2, 0.25) is 5.89 Å². The van der Waals surface area contributed by atoms with E-state index in [0.717, 1.165) is 28.0 Å². The Hall–Kier alpha value is -1.88. The Labute approximate surface area is 115 Å². The van der Waals surface area contributed by atoms with E-state index in [-0.39, 0.29) is 0 Å². The number of para-hydroxylation sites is 1. The lowest BCUT2D eigenvalue weighted by molar-refractivity contribution is 0.378. The summed E-state index contributed by atoms with van der Waals surface area (Å²) < 4.78 is 5.10. The molecule has 2 aromatic heterocycles. The van der Waals surface area contributed by atoms with Gasteiger partial charge in [0.25, 0.3) is 0 Å². The third-order valence-electron chi connectivity index (χ3n) is 2.77. The Morgan fingerprint density at radius 3 is 2.95 bits per heavy atom. The fourth-order valence-electron chi connectivity index (χ4n) is 1.83. The Kier molecular flexibility index (Phi) is 3.46. The average molecular weight is 271 g/mol. The summed E-state index contributed by atoms with van der Waals surface area (Å²) in [5.74, 6) is 2.11. The third-order valence-corrected chi connectivity index (χ3v) is 3.81. The Bertz CT molecular complexity index is 690. The van der Waals surface area contributed by atoms with Gasteiger partial charge in [-0.2, -0.15) is 4.98 Å². The van der Waals surface area contributed by atoms with E-state index < -0.39 is 0 Å². The van der Waals surface area contributed by atoms with Crippen LogP contribution < -0.4 is 0 Å². The van der Waals surface area contributed by atoms with Gasteiger partial charge in [-0.3, -0.25) is 4.98 Å². The molecular formula is C14H13N3OS. The van der Waals surface area contributed by atoms with Crippen molar-refractivity contribution in [3.05, 3.63) is 48.2 Å². The zero-order valence-electron chi connectivity index (χ0n) is 10.5. The van der Waals surface area contributed by atoms with Crippen LogP contribution in [0.3, 0.4) is 0 Å². The van der Waals surface area contributed by atoms with Gasteiger partial charge in [0.05, 0.1) is 11.3 Å². The van der Waals surface area contributed by atoms with Gasteiger partial charge >= 0.3 is 0 Å². The Morgan fingerprint density at radius 2 is 2.11 bits per heavy atom. The maximum Gasteiger partial charge on any atom is 0.226 e. The number of hydrogen-bond donors (Lipinski definition) is 0. The second-order valence-corrected chi connectivity index (χ2v) is 5.10. The van der Waals surface area contributed by atoms with Crippen LogP contribution in [-0.2, 0) is 12.2 Å². The summed E-state index contributed by atoms with van der Waals surface area (Å²) >= 11 is 1.68. The van der Waals surface area contributed by atoms with E-state index in [1.54, 1.807) is 11.8 Å². The molecule has 0 saturated carbocycles. The topological polar surface area (TPSA) is 51.8 Å². The lowest BCUT2D eigenvalue weighted by Gasteiger charge is -2.03. The van der Waals surface area contributed by atoms with Crippen molar-refractivity contribution >= 4 is 22.7 Å². The molecule has 0 aliphatic heterocycles. The molecule has 0 spiro atoms. The summed E-state index contributed by atoms with van der Waals surface area (Å²) in [6.07, 6.45) is 2.59. The largest absolute Gasteiger partial charge is 0.339 e. The third kappa shape index (κ3) is 2.61. The second-order valence-electron chi connectivity index (χ2n) is 4.08. The number of aromatic nitrogens is 3. The van der Waals surface area contributed by atoms with Crippen molar-refractivity contribution in [1.29, 1.82) is 0 Å². The van der Waals surface area contributed by atoms with Crippen LogP contribution in [0.5, 0.6) is 0 Å². The summed E-state index contributed by atoms with van der Waals surface area (Å²) in [6.45, 7) is 2.00. The molecule has 0 unspecified atom stereocenters. The molecule has 4 nitrogen and oxygen atoms in total. The lowest BCUT2D eigenvalue weighted by atomic mass is 10.2. The predicted molar refractivity (Wildman–Crippen MR) is 75.0 cm³/mol. The molecule has 19 heavy (non-hydrogen) atoms. The van der Waals surface area contributed by atoms with E-state index in [1.165, 1.54) is 0 Å². The highest BCUT2D eigenvalue weighted by Gasteiger charge is 2.07. The van der Waals surface area contributed by atoms with Crippen molar-refractivity contribution in [3.8, 4) is 0 Å². The van der Waals surface area contributed by atoms with Crippen molar-refractivity contribution < 1.29 is 4.52 Å². The highest BCUT2D eigenvalue weighted by atomic mass is 32.2. The summed E-state index contributed by atoms with van der Waals surface area (Å²) in [5.41, 5.74) is 1.02. The van der Waals surface area contributed by atoms with Gasteiger partial charge in [-0.05, 0) is 12.1 Å². The highest BCUT2D eigenvalue weighted by molar-refractivity contribution is 7.98. The Balaban J connectivity index is 1.81. The monoisotopic (exact) mass is 271 g/mol.